The first-order valence-corrected chi connectivity index (χ1v) is 6.51. The van der Waals surface area contributed by atoms with Crippen LogP contribution in [0.3, 0.4) is 0 Å². The maximum absolute atomic E-state index is 3.54. The van der Waals surface area contributed by atoms with Crippen molar-refractivity contribution in [2.45, 2.75) is 37.6 Å². The van der Waals surface area contributed by atoms with Crippen LogP contribution < -0.4 is 5.32 Å². The van der Waals surface area contributed by atoms with Gasteiger partial charge in [-0.2, -0.15) is 0 Å². The Bertz CT molecular complexity index is 312. The summed E-state index contributed by atoms with van der Waals surface area (Å²) in [4.78, 5) is 0. The van der Waals surface area contributed by atoms with Gasteiger partial charge < -0.3 is 5.32 Å². The van der Waals surface area contributed by atoms with Gasteiger partial charge in [0.25, 0.3) is 0 Å². The molecule has 0 spiro atoms. The van der Waals surface area contributed by atoms with Gasteiger partial charge >= 0.3 is 0 Å². The fraction of sp³-hybridized carbons (Fsp3) is 0.538. The van der Waals surface area contributed by atoms with Crippen LogP contribution >= 0.6 is 15.9 Å². The van der Waals surface area contributed by atoms with Crippen LogP contribution in [0.1, 0.15) is 37.7 Å². The molecule has 1 fully saturated rings. The number of hydrogen-bond donors (Lipinski definition) is 1. The Labute approximate surface area is 100 Å². The maximum Gasteiger partial charge on any atom is 0.0432 e. The molecule has 0 aliphatic heterocycles. The average Bonchev–Trinajstić information content (AvgIpc) is 2.31. The van der Waals surface area contributed by atoms with E-state index in [2.05, 4.69) is 52.6 Å². The van der Waals surface area contributed by atoms with Gasteiger partial charge in [0.15, 0.2) is 0 Å². The third-order valence-corrected chi connectivity index (χ3v) is 4.11. The van der Waals surface area contributed by atoms with E-state index in [9.17, 15) is 0 Å². The van der Waals surface area contributed by atoms with Crippen molar-refractivity contribution < 1.29 is 0 Å². The Hall–Kier alpha value is -0.340. The molecule has 0 aromatic heterocycles. The fourth-order valence-corrected chi connectivity index (χ4v) is 2.87. The van der Waals surface area contributed by atoms with Crippen LogP contribution in [0.4, 0.5) is 0 Å². The van der Waals surface area contributed by atoms with Crippen molar-refractivity contribution in [3.63, 3.8) is 0 Å². The second-order valence-electron chi connectivity index (χ2n) is 4.40. The quantitative estimate of drug-likeness (QED) is 0.859. The van der Waals surface area contributed by atoms with E-state index in [1.54, 1.807) is 0 Å². The van der Waals surface area contributed by atoms with Crippen LogP contribution in [0, 0.1) is 0 Å². The Kier molecular flexibility index (Phi) is 3.47. The Morgan fingerprint density at radius 1 is 1.07 bits per heavy atom. The largest absolute Gasteiger partial charge is 0.310 e. The van der Waals surface area contributed by atoms with E-state index < -0.39 is 0 Å². The van der Waals surface area contributed by atoms with Gasteiger partial charge in [-0.15, -0.1) is 0 Å². The molecule has 0 unspecified atom stereocenters. The van der Waals surface area contributed by atoms with E-state index >= 15 is 0 Å². The van der Waals surface area contributed by atoms with Gasteiger partial charge in [0, 0.05) is 10.0 Å². The molecule has 0 bridgehead atoms. The second-order valence-corrected chi connectivity index (χ2v) is 5.32. The number of hydrogen-bond acceptors (Lipinski definition) is 1. The molecule has 2 heteroatoms. The molecular formula is C13H18BrN. The summed E-state index contributed by atoms with van der Waals surface area (Å²) in [5.41, 5.74) is 1.67. The van der Waals surface area contributed by atoms with Gasteiger partial charge in [0.2, 0.25) is 0 Å². The molecule has 0 radical (unpaired) electrons. The Morgan fingerprint density at radius 3 is 2.20 bits per heavy atom. The van der Waals surface area contributed by atoms with E-state index in [4.69, 9.17) is 0 Å². The van der Waals surface area contributed by atoms with Crippen LogP contribution in [0.5, 0.6) is 0 Å². The van der Waals surface area contributed by atoms with Crippen LogP contribution in [0.2, 0.25) is 0 Å². The first kappa shape index (κ1) is 11.2. The Balaban J connectivity index is 2.28. The van der Waals surface area contributed by atoms with Crippen LogP contribution in [0.25, 0.3) is 0 Å². The maximum atomic E-state index is 3.54. The van der Waals surface area contributed by atoms with Crippen molar-refractivity contribution in [2.75, 3.05) is 7.05 Å². The predicted octanol–water partition coefficient (Wildman–Crippen LogP) is 3.83. The zero-order valence-corrected chi connectivity index (χ0v) is 10.8. The van der Waals surface area contributed by atoms with Crippen molar-refractivity contribution in [3.8, 4) is 0 Å². The van der Waals surface area contributed by atoms with Crippen molar-refractivity contribution in [1.82, 2.24) is 5.32 Å². The summed E-state index contributed by atoms with van der Waals surface area (Å²) >= 11 is 3.49. The van der Waals surface area contributed by atoms with Crippen LogP contribution in [-0.2, 0) is 5.54 Å². The fourth-order valence-electron chi connectivity index (χ4n) is 2.61. The summed E-state index contributed by atoms with van der Waals surface area (Å²) in [7, 11) is 2.09. The number of halogens is 1. The molecule has 0 heterocycles. The van der Waals surface area contributed by atoms with E-state index in [1.807, 2.05) is 0 Å². The topological polar surface area (TPSA) is 12.0 Å². The number of rotatable bonds is 2. The van der Waals surface area contributed by atoms with Crippen molar-refractivity contribution >= 4 is 15.9 Å². The molecule has 0 saturated heterocycles. The third kappa shape index (κ3) is 2.26. The van der Waals surface area contributed by atoms with Crippen LogP contribution in [0.15, 0.2) is 28.7 Å². The van der Waals surface area contributed by atoms with Gasteiger partial charge in [0.1, 0.15) is 0 Å². The monoisotopic (exact) mass is 267 g/mol. The van der Waals surface area contributed by atoms with Crippen molar-refractivity contribution in [2.24, 2.45) is 0 Å². The summed E-state index contributed by atoms with van der Waals surface area (Å²) in [6.45, 7) is 0. The molecule has 15 heavy (non-hydrogen) atoms. The summed E-state index contributed by atoms with van der Waals surface area (Å²) < 4.78 is 1.16. The van der Waals surface area contributed by atoms with Gasteiger partial charge in [-0.3, -0.25) is 0 Å². The molecule has 1 aromatic rings. The van der Waals surface area contributed by atoms with Gasteiger partial charge in [-0.1, -0.05) is 47.3 Å². The summed E-state index contributed by atoms with van der Waals surface area (Å²) in [5.74, 6) is 0. The van der Waals surface area contributed by atoms with E-state index in [1.165, 1.54) is 37.7 Å². The lowest BCUT2D eigenvalue weighted by atomic mass is 9.77. The zero-order chi connectivity index (χ0) is 10.7. The standard InChI is InChI=1S/C13H18BrN/c1-15-13(9-3-2-4-10-13)11-5-7-12(14)8-6-11/h5-8,15H,2-4,9-10H2,1H3. The molecular weight excluding hydrogens is 250 g/mol. The van der Waals surface area contributed by atoms with Crippen LogP contribution in [-0.4, -0.2) is 7.05 Å². The number of benzene rings is 1. The van der Waals surface area contributed by atoms with Gasteiger partial charge in [0.05, 0.1) is 0 Å². The summed E-state index contributed by atoms with van der Waals surface area (Å²) in [6.07, 6.45) is 6.62. The molecule has 0 amide bonds. The molecule has 1 N–H and O–H groups in total. The third-order valence-electron chi connectivity index (χ3n) is 3.58. The Morgan fingerprint density at radius 2 is 1.67 bits per heavy atom. The SMILES string of the molecule is CNC1(c2ccc(Br)cc2)CCCCC1. The zero-order valence-electron chi connectivity index (χ0n) is 9.22. The predicted molar refractivity (Wildman–Crippen MR) is 68.0 cm³/mol. The molecule has 1 saturated carbocycles. The molecule has 0 atom stereocenters. The lowest BCUT2D eigenvalue weighted by Gasteiger charge is -2.37. The lowest BCUT2D eigenvalue weighted by molar-refractivity contribution is 0.250. The first-order chi connectivity index (χ1) is 7.27. The molecule has 2 rings (SSSR count). The van der Waals surface area contributed by atoms with Crippen molar-refractivity contribution in [3.05, 3.63) is 34.3 Å². The molecule has 82 valence electrons. The summed E-state index contributed by atoms with van der Waals surface area (Å²) in [6, 6.07) is 8.77. The average molecular weight is 268 g/mol. The van der Waals surface area contributed by atoms with Crippen molar-refractivity contribution in [1.29, 1.82) is 0 Å². The van der Waals surface area contributed by atoms with E-state index in [0.29, 0.717) is 0 Å². The highest BCUT2D eigenvalue weighted by Gasteiger charge is 2.31. The summed E-state index contributed by atoms with van der Waals surface area (Å²) in [5, 5.41) is 3.54. The molecule has 1 aliphatic carbocycles. The lowest BCUT2D eigenvalue weighted by Crippen LogP contribution is -2.41. The number of nitrogens with one attached hydrogen (secondary N) is 1. The highest BCUT2D eigenvalue weighted by molar-refractivity contribution is 9.10. The molecule has 1 aromatic carbocycles. The van der Waals surface area contributed by atoms with Gasteiger partial charge in [-0.05, 0) is 37.6 Å². The smallest absolute Gasteiger partial charge is 0.0432 e. The molecule has 1 aliphatic rings. The normalized spacial score (nSPS) is 20.1. The second kappa shape index (κ2) is 4.67. The molecule has 1 nitrogen and oxygen atoms in total. The first-order valence-electron chi connectivity index (χ1n) is 5.72. The van der Waals surface area contributed by atoms with Gasteiger partial charge in [-0.25, -0.2) is 0 Å². The minimum Gasteiger partial charge on any atom is -0.310 e. The minimum absolute atomic E-state index is 0.235. The van der Waals surface area contributed by atoms with E-state index in [-0.39, 0.29) is 5.54 Å². The minimum atomic E-state index is 0.235. The van der Waals surface area contributed by atoms with E-state index in [0.717, 1.165) is 4.47 Å². The highest BCUT2D eigenvalue weighted by Crippen LogP contribution is 2.36. The highest BCUT2D eigenvalue weighted by atomic mass is 79.9.